The highest BCUT2D eigenvalue weighted by Crippen LogP contribution is 2.40. The fourth-order valence-corrected chi connectivity index (χ4v) is 4.16. The number of nitrogens with zero attached hydrogens (tertiary/aromatic N) is 1. The average Bonchev–Trinajstić information content (AvgIpc) is 2.46. The third-order valence-electron chi connectivity index (χ3n) is 3.87. The van der Waals surface area contributed by atoms with Crippen molar-refractivity contribution < 1.29 is 21.8 Å². The van der Waals surface area contributed by atoms with E-state index in [2.05, 4.69) is 0 Å². The van der Waals surface area contributed by atoms with Crippen molar-refractivity contribution in [2.75, 3.05) is 5.75 Å². The number of carbonyl (C=O) groups excluding carboxylic acids is 1. The van der Waals surface area contributed by atoms with Gasteiger partial charge in [0.25, 0.3) is 0 Å². The molecule has 2 unspecified atom stereocenters. The van der Waals surface area contributed by atoms with Crippen molar-refractivity contribution in [2.45, 2.75) is 64.1 Å². The van der Waals surface area contributed by atoms with E-state index in [1.807, 2.05) is 20.8 Å². The Hall–Kier alpha value is -0.850. The van der Waals surface area contributed by atoms with Crippen LogP contribution in [0.4, 0.5) is 8.68 Å². The van der Waals surface area contributed by atoms with Crippen LogP contribution in [0.3, 0.4) is 0 Å². The summed E-state index contributed by atoms with van der Waals surface area (Å²) >= 11 is 0. The first-order valence-corrected chi connectivity index (χ1v) is 8.54. The maximum Gasteiger partial charge on any atom is 0.410 e. The van der Waals surface area contributed by atoms with Gasteiger partial charge in [-0.25, -0.2) is 4.79 Å². The molecule has 2 bridgehead atoms. The Morgan fingerprint density at radius 1 is 1.25 bits per heavy atom. The van der Waals surface area contributed by atoms with Crippen LogP contribution in [0.5, 0.6) is 0 Å². The van der Waals surface area contributed by atoms with E-state index in [-0.39, 0.29) is 24.1 Å². The molecule has 0 saturated carbocycles. The first-order valence-electron chi connectivity index (χ1n) is 6.99. The second-order valence-corrected chi connectivity index (χ2v) is 8.23. The summed E-state index contributed by atoms with van der Waals surface area (Å²) in [6.07, 6.45) is 2.42. The zero-order valence-corrected chi connectivity index (χ0v) is 13.0. The molecular formula is C13H22FNO4S. The van der Waals surface area contributed by atoms with Gasteiger partial charge in [-0.1, -0.05) is 0 Å². The van der Waals surface area contributed by atoms with E-state index in [0.29, 0.717) is 12.8 Å². The SMILES string of the molecule is CC(C)(C)OC(=O)N1C2CCC1CC(CS(=O)(=O)F)C2. The summed E-state index contributed by atoms with van der Waals surface area (Å²) < 4.78 is 39.7. The molecule has 2 aliphatic heterocycles. The van der Waals surface area contributed by atoms with Crippen LogP contribution in [0.25, 0.3) is 0 Å². The van der Waals surface area contributed by atoms with Gasteiger partial charge in [0.1, 0.15) is 5.60 Å². The van der Waals surface area contributed by atoms with Crippen LogP contribution in [0.15, 0.2) is 0 Å². The maximum atomic E-state index is 12.8. The molecule has 1 amide bonds. The Bertz CT molecular complexity index is 471. The Balaban J connectivity index is 2.02. The van der Waals surface area contributed by atoms with E-state index in [4.69, 9.17) is 4.74 Å². The fourth-order valence-electron chi connectivity index (χ4n) is 3.32. The highest BCUT2D eigenvalue weighted by atomic mass is 32.3. The van der Waals surface area contributed by atoms with Crippen LogP contribution in [-0.2, 0) is 15.0 Å². The van der Waals surface area contributed by atoms with Gasteiger partial charge in [-0.2, -0.15) is 8.42 Å². The molecule has 0 spiro atoms. The quantitative estimate of drug-likeness (QED) is 0.735. The Kier molecular flexibility index (Phi) is 4.01. The number of ether oxygens (including phenoxy) is 1. The van der Waals surface area contributed by atoms with E-state index in [1.54, 1.807) is 4.90 Å². The number of rotatable bonds is 2. The lowest BCUT2D eigenvalue weighted by Gasteiger charge is -2.39. The number of piperidine rings is 1. The normalized spacial score (nSPS) is 30.4. The third kappa shape index (κ3) is 3.84. The molecule has 2 saturated heterocycles. The predicted octanol–water partition coefficient (Wildman–Crippen LogP) is 2.46. The number of carbonyl (C=O) groups is 1. The highest BCUT2D eigenvalue weighted by molar-refractivity contribution is 7.86. The molecule has 7 heteroatoms. The van der Waals surface area contributed by atoms with Crippen LogP contribution in [-0.4, -0.2) is 42.8 Å². The minimum absolute atomic E-state index is 0.0182. The molecule has 5 nitrogen and oxygen atoms in total. The zero-order valence-electron chi connectivity index (χ0n) is 12.1. The van der Waals surface area contributed by atoms with E-state index < -0.39 is 21.6 Å². The second kappa shape index (κ2) is 5.16. The maximum absolute atomic E-state index is 12.8. The van der Waals surface area contributed by atoms with Crippen molar-refractivity contribution in [1.82, 2.24) is 4.90 Å². The highest BCUT2D eigenvalue weighted by Gasteiger charge is 2.45. The van der Waals surface area contributed by atoms with Crippen LogP contribution in [0.2, 0.25) is 0 Å². The monoisotopic (exact) mass is 307 g/mol. The van der Waals surface area contributed by atoms with E-state index in [9.17, 15) is 17.1 Å². The van der Waals surface area contributed by atoms with Gasteiger partial charge in [0, 0.05) is 12.1 Å². The van der Waals surface area contributed by atoms with Crippen molar-refractivity contribution in [3.8, 4) is 0 Å². The molecule has 2 rings (SSSR count). The summed E-state index contributed by atoms with van der Waals surface area (Å²) in [5.41, 5.74) is -0.546. The molecule has 20 heavy (non-hydrogen) atoms. The molecule has 0 radical (unpaired) electrons. The lowest BCUT2D eigenvalue weighted by molar-refractivity contribution is 0.00333. The summed E-state index contributed by atoms with van der Waals surface area (Å²) in [5, 5.41) is 0. The number of halogens is 1. The number of fused-ring (bicyclic) bond motifs is 2. The van der Waals surface area contributed by atoms with Crippen LogP contribution < -0.4 is 0 Å². The molecule has 0 aliphatic carbocycles. The average molecular weight is 307 g/mol. The van der Waals surface area contributed by atoms with Crippen molar-refractivity contribution in [1.29, 1.82) is 0 Å². The lowest BCUT2D eigenvalue weighted by Crippen LogP contribution is -2.49. The van der Waals surface area contributed by atoms with Gasteiger partial charge in [-0.05, 0) is 52.4 Å². The van der Waals surface area contributed by atoms with E-state index >= 15 is 0 Å². The minimum Gasteiger partial charge on any atom is -0.444 e. The molecule has 0 aromatic carbocycles. The van der Waals surface area contributed by atoms with Crippen molar-refractivity contribution in [3.05, 3.63) is 0 Å². The Labute approximate surface area is 119 Å². The summed E-state index contributed by atoms with van der Waals surface area (Å²) in [5.74, 6) is -0.622. The molecular weight excluding hydrogens is 285 g/mol. The molecule has 116 valence electrons. The van der Waals surface area contributed by atoms with Gasteiger partial charge in [0.15, 0.2) is 0 Å². The zero-order chi connectivity index (χ0) is 15.1. The minimum atomic E-state index is -4.44. The molecule has 2 heterocycles. The van der Waals surface area contributed by atoms with Gasteiger partial charge >= 0.3 is 16.3 Å². The summed E-state index contributed by atoms with van der Waals surface area (Å²) in [4.78, 5) is 13.9. The third-order valence-corrected chi connectivity index (χ3v) is 4.74. The number of amides is 1. The standard InChI is InChI=1S/C13H22FNO4S/c1-13(2,3)19-12(16)15-10-4-5-11(15)7-9(6-10)8-20(14,17)18/h9-11H,4-8H2,1-3H3. The molecule has 0 N–H and O–H groups in total. The van der Waals surface area contributed by atoms with Gasteiger partial charge in [-0.3, -0.25) is 0 Å². The van der Waals surface area contributed by atoms with Gasteiger partial charge < -0.3 is 9.64 Å². The molecule has 2 atom stereocenters. The summed E-state index contributed by atoms with van der Waals surface area (Å²) in [6.45, 7) is 5.44. The Morgan fingerprint density at radius 3 is 2.15 bits per heavy atom. The topological polar surface area (TPSA) is 63.7 Å². The number of hydrogen-bond acceptors (Lipinski definition) is 4. The van der Waals surface area contributed by atoms with Crippen molar-refractivity contribution >= 4 is 16.3 Å². The summed E-state index contributed by atoms with van der Waals surface area (Å²) in [7, 11) is -4.44. The molecule has 2 fully saturated rings. The first kappa shape index (κ1) is 15.5. The fraction of sp³-hybridized carbons (Fsp3) is 0.923. The van der Waals surface area contributed by atoms with Gasteiger partial charge in [0.2, 0.25) is 0 Å². The smallest absolute Gasteiger partial charge is 0.410 e. The van der Waals surface area contributed by atoms with Crippen LogP contribution in [0.1, 0.15) is 46.5 Å². The molecule has 2 aliphatic rings. The van der Waals surface area contributed by atoms with E-state index in [1.165, 1.54) is 0 Å². The molecule has 0 aromatic heterocycles. The van der Waals surface area contributed by atoms with Crippen LogP contribution in [0, 0.1) is 5.92 Å². The second-order valence-electron chi connectivity index (χ2n) is 6.82. The van der Waals surface area contributed by atoms with Gasteiger partial charge in [-0.15, -0.1) is 3.89 Å². The predicted molar refractivity (Wildman–Crippen MR) is 72.5 cm³/mol. The first-order chi connectivity index (χ1) is 9.05. The van der Waals surface area contributed by atoms with Crippen molar-refractivity contribution in [3.63, 3.8) is 0 Å². The van der Waals surface area contributed by atoms with Gasteiger partial charge in [0.05, 0.1) is 5.75 Å². The molecule has 0 aromatic rings. The van der Waals surface area contributed by atoms with E-state index in [0.717, 1.165) is 12.8 Å². The van der Waals surface area contributed by atoms with Crippen LogP contribution >= 0.6 is 0 Å². The Morgan fingerprint density at radius 2 is 1.75 bits per heavy atom. The van der Waals surface area contributed by atoms with Crippen molar-refractivity contribution in [2.24, 2.45) is 5.92 Å². The lowest BCUT2D eigenvalue weighted by atomic mass is 9.92. The largest absolute Gasteiger partial charge is 0.444 e. The summed E-state index contributed by atoms with van der Waals surface area (Å²) in [6, 6.07) is -0.0364. The number of hydrogen-bond donors (Lipinski definition) is 0.